The zero-order chi connectivity index (χ0) is 22.9. The Bertz CT molecular complexity index is 1100. The van der Waals surface area contributed by atoms with Gasteiger partial charge < -0.3 is 16.0 Å². The van der Waals surface area contributed by atoms with E-state index in [1.165, 1.54) is 16.4 Å². The number of rotatable bonds is 9. The zero-order valence-corrected chi connectivity index (χ0v) is 18.5. The number of para-hydroxylation sites is 1. The Morgan fingerprint density at radius 3 is 2.44 bits per heavy atom. The minimum absolute atomic E-state index is 0.146. The van der Waals surface area contributed by atoms with E-state index in [0.29, 0.717) is 16.4 Å². The number of hydrogen-bond donors (Lipinski definition) is 3. The number of carbonyl (C=O) groups is 3. The second-order valence-corrected chi connectivity index (χ2v) is 7.68. The van der Waals surface area contributed by atoms with Crippen LogP contribution in [0, 0.1) is 0 Å². The van der Waals surface area contributed by atoms with Crippen molar-refractivity contribution in [3.8, 4) is 0 Å². The van der Waals surface area contributed by atoms with Crippen molar-refractivity contribution < 1.29 is 14.4 Å². The van der Waals surface area contributed by atoms with Crippen LogP contribution in [0.2, 0.25) is 0 Å². The average molecular weight is 454 g/mol. The van der Waals surface area contributed by atoms with E-state index in [1.807, 2.05) is 31.2 Å². The highest BCUT2D eigenvalue weighted by atomic mass is 32.2. The van der Waals surface area contributed by atoms with Gasteiger partial charge >= 0.3 is 0 Å². The van der Waals surface area contributed by atoms with E-state index in [9.17, 15) is 14.4 Å². The summed E-state index contributed by atoms with van der Waals surface area (Å²) < 4.78 is 1.48. The SMILES string of the molecule is CCc1ccccc1NC(=O)CNC(=O)c1ccc(NC(=O)CSc2nnnn2C)cc1. The smallest absolute Gasteiger partial charge is 0.251 e. The number of carbonyl (C=O) groups excluding carboxylic acids is 3. The van der Waals surface area contributed by atoms with Crippen LogP contribution in [0.25, 0.3) is 0 Å². The van der Waals surface area contributed by atoms with Gasteiger partial charge in [-0.3, -0.25) is 14.4 Å². The molecule has 0 aliphatic carbocycles. The molecule has 10 nitrogen and oxygen atoms in total. The summed E-state index contributed by atoms with van der Waals surface area (Å²) in [6, 6.07) is 13.9. The monoisotopic (exact) mass is 453 g/mol. The lowest BCUT2D eigenvalue weighted by atomic mass is 10.1. The van der Waals surface area contributed by atoms with Crippen LogP contribution in [0.5, 0.6) is 0 Å². The van der Waals surface area contributed by atoms with Crippen molar-refractivity contribution in [2.24, 2.45) is 7.05 Å². The van der Waals surface area contributed by atoms with Crippen molar-refractivity contribution in [3.05, 3.63) is 59.7 Å². The van der Waals surface area contributed by atoms with Gasteiger partial charge in [-0.05, 0) is 52.7 Å². The number of benzene rings is 2. The van der Waals surface area contributed by atoms with Crippen LogP contribution < -0.4 is 16.0 Å². The summed E-state index contributed by atoms with van der Waals surface area (Å²) in [6.45, 7) is 1.86. The third-order valence-electron chi connectivity index (χ3n) is 4.43. The molecule has 0 radical (unpaired) electrons. The first-order valence-electron chi connectivity index (χ1n) is 9.87. The van der Waals surface area contributed by atoms with Gasteiger partial charge in [-0.15, -0.1) is 5.10 Å². The lowest BCUT2D eigenvalue weighted by molar-refractivity contribution is -0.115. The number of amides is 3. The van der Waals surface area contributed by atoms with Crippen LogP contribution in [0.3, 0.4) is 0 Å². The quantitative estimate of drug-likeness (QED) is 0.422. The molecule has 0 bridgehead atoms. The second kappa shape index (κ2) is 11.0. The molecule has 3 rings (SSSR count). The molecule has 1 heterocycles. The molecular weight excluding hydrogens is 430 g/mol. The topological polar surface area (TPSA) is 131 Å². The Morgan fingerprint density at radius 1 is 1.00 bits per heavy atom. The molecule has 0 atom stereocenters. The standard InChI is InChI=1S/C21H23N7O3S/c1-3-14-6-4-5-7-17(14)24-18(29)12-22-20(31)15-8-10-16(11-9-15)23-19(30)13-32-21-25-26-27-28(21)2/h4-11H,3,12-13H2,1-2H3,(H,22,31)(H,23,30)(H,24,29). The third-order valence-corrected chi connectivity index (χ3v) is 5.44. The number of tetrazole rings is 1. The maximum atomic E-state index is 12.3. The number of aryl methyl sites for hydroxylation is 2. The predicted molar refractivity (Wildman–Crippen MR) is 121 cm³/mol. The minimum atomic E-state index is -0.382. The summed E-state index contributed by atoms with van der Waals surface area (Å²) in [4.78, 5) is 36.6. The molecule has 0 spiro atoms. The van der Waals surface area contributed by atoms with E-state index < -0.39 is 0 Å². The largest absolute Gasteiger partial charge is 0.343 e. The number of aromatic nitrogens is 4. The maximum Gasteiger partial charge on any atom is 0.251 e. The Labute approximate surface area is 189 Å². The number of anilines is 2. The fourth-order valence-electron chi connectivity index (χ4n) is 2.78. The van der Waals surface area contributed by atoms with Gasteiger partial charge in [-0.25, -0.2) is 4.68 Å². The molecule has 0 saturated carbocycles. The number of hydrogen-bond acceptors (Lipinski definition) is 7. The lowest BCUT2D eigenvalue weighted by Crippen LogP contribution is -2.33. The molecule has 0 aliphatic rings. The molecular formula is C21H23N7O3S. The van der Waals surface area contributed by atoms with Crippen molar-refractivity contribution in [3.63, 3.8) is 0 Å². The van der Waals surface area contributed by atoms with Crippen LogP contribution in [-0.4, -0.2) is 50.2 Å². The van der Waals surface area contributed by atoms with E-state index >= 15 is 0 Å². The van der Waals surface area contributed by atoms with Gasteiger partial charge in [0.05, 0.1) is 12.3 Å². The van der Waals surface area contributed by atoms with Crippen molar-refractivity contribution in [1.82, 2.24) is 25.5 Å². The highest BCUT2D eigenvalue weighted by Crippen LogP contribution is 2.16. The van der Waals surface area contributed by atoms with Gasteiger partial charge in [0.25, 0.3) is 5.91 Å². The summed E-state index contributed by atoms with van der Waals surface area (Å²) >= 11 is 1.21. The fourth-order valence-corrected chi connectivity index (χ4v) is 3.43. The Morgan fingerprint density at radius 2 is 1.75 bits per heavy atom. The van der Waals surface area contributed by atoms with Gasteiger partial charge in [0, 0.05) is 24.0 Å². The maximum absolute atomic E-state index is 12.3. The normalized spacial score (nSPS) is 10.4. The predicted octanol–water partition coefficient (Wildman–Crippen LogP) is 1.87. The van der Waals surface area contributed by atoms with Crippen LogP contribution >= 0.6 is 11.8 Å². The molecule has 3 amide bonds. The highest BCUT2D eigenvalue weighted by Gasteiger charge is 2.11. The average Bonchev–Trinajstić information content (AvgIpc) is 3.21. The fraction of sp³-hybridized carbons (Fsp3) is 0.238. The van der Waals surface area contributed by atoms with Crippen LogP contribution in [-0.2, 0) is 23.1 Å². The lowest BCUT2D eigenvalue weighted by Gasteiger charge is -2.10. The summed E-state index contributed by atoms with van der Waals surface area (Å²) in [5, 5.41) is 19.7. The summed E-state index contributed by atoms with van der Waals surface area (Å²) in [5.41, 5.74) is 2.70. The van der Waals surface area contributed by atoms with Gasteiger partial charge in [-0.1, -0.05) is 36.9 Å². The van der Waals surface area contributed by atoms with E-state index in [1.54, 1.807) is 31.3 Å². The van der Waals surface area contributed by atoms with Gasteiger partial charge in [0.1, 0.15) is 0 Å². The molecule has 0 aliphatic heterocycles. The number of thioether (sulfide) groups is 1. The van der Waals surface area contributed by atoms with Gasteiger partial charge in [0.15, 0.2) is 0 Å². The molecule has 3 N–H and O–H groups in total. The molecule has 3 aromatic rings. The molecule has 166 valence electrons. The molecule has 32 heavy (non-hydrogen) atoms. The molecule has 0 fully saturated rings. The summed E-state index contributed by atoms with van der Waals surface area (Å²) in [5.74, 6) is -0.766. The van der Waals surface area contributed by atoms with Crippen LogP contribution in [0.1, 0.15) is 22.8 Å². The van der Waals surface area contributed by atoms with Crippen LogP contribution in [0.4, 0.5) is 11.4 Å². The Balaban J connectivity index is 1.45. The van der Waals surface area contributed by atoms with Crippen molar-refractivity contribution in [2.75, 3.05) is 22.9 Å². The Hall–Kier alpha value is -3.73. The summed E-state index contributed by atoms with van der Waals surface area (Å²) in [7, 11) is 1.69. The molecule has 1 aromatic heterocycles. The van der Waals surface area contributed by atoms with Crippen molar-refractivity contribution in [1.29, 1.82) is 0 Å². The number of nitrogens with zero attached hydrogens (tertiary/aromatic N) is 4. The minimum Gasteiger partial charge on any atom is -0.343 e. The number of nitrogens with one attached hydrogen (secondary N) is 3. The van der Waals surface area contributed by atoms with Gasteiger partial charge in [-0.2, -0.15) is 0 Å². The molecule has 0 unspecified atom stereocenters. The first-order chi connectivity index (χ1) is 15.5. The first-order valence-corrected chi connectivity index (χ1v) is 10.9. The van der Waals surface area contributed by atoms with E-state index in [0.717, 1.165) is 17.7 Å². The summed E-state index contributed by atoms with van der Waals surface area (Å²) in [6.07, 6.45) is 0.793. The van der Waals surface area contributed by atoms with E-state index in [-0.39, 0.29) is 30.0 Å². The van der Waals surface area contributed by atoms with E-state index in [2.05, 4.69) is 31.5 Å². The highest BCUT2D eigenvalue weighted by molar-refractivity contribution is 7.99. The zero-order valence-electron chi connectivity index (χ0n) is 17.7. The molecule has 0 saturated heterocycles. The van der Waals surface area contributed by atoms with Crippen LogP contribution in [0.15, 0.2) is 53.7 Å². The van der Waals surface area contributed by atoms with Crippen molar-refractivity contribution in [2.45, 2.75) is 18.5 Å². The third kappa shape index (κ3) is 6.38. The van der Waals surface area contributed by atoms with Gasteiger partial charge in [0.2, 0.25) is 17.0 Å². The van der Waals surface area contributed by atoms with E-state index in [4.69, 9.17) is 0 Å². The molecule has 2 aromatic carbocycles. The second-order valence-electron chi connectivity index (χ2n) is 6.74. The first kappa shape index (κ1) is 22.9. The molecule has 11 heteroatoms. The Kier molecular flexibility index (Phi) is 7.92. The van der Waals surface area contributed by atoms with Crippen molar-refractivity contribution >= 4 is 40.9 Å².